The average molecular weight is 291 g/mol. The normalized spacial score (nSPS) is 25.7. The van der Waals surface area contributed by atoms with Crippen molar-refractivity contribution >= 4 is 15.8 Å². The SMILES string of the molecule is CCC1(C(=O)O)CCN(CCS(=O)(=O)C(C)(C)C)C1. The highest BCUT2D eigenvalue weighted by Crippen LogP contribution is 2.34. The van der Waals surface area contributed by atoms with Gasteiger partial charge in [0.1, 0.15) is 0 Å². The molecule has 5 nitrogen and oxygen atoms in total. The second kappa shape index (κ2) is 5.40. The van der Waals surface area contributed by atoms with Crippen molar-refractivity contribution < 1.29 is 18.3 Å². The van der Waals surface area contributed by atoms with Gasteiger partial charge >= 0.3 is 5.97 Å². The molecule has 6 heteroatoms. The van der Waals surface area contributed by atoms with Gasteiger partial charge in [-0.05, 0) is 40.2 Å². The quantitative estimate of drug-likeness (QED) is 0.828. The summed E-state index contributed by atoms with van der Waals surface area (Å²) in [6.07, 6.45) is 1.19. The van der Waals surface area contributed by atoms with Crippen molar-refractivity contribution in [2.24, 2.45) is 5.41 Å². The molecule has 112 valence electrons. The Morgan fingerprint density at radius 2 is 1.95 bits per heavy atom. The fourth-order valence-corrected chi connectivity index (χ4v) is 3.43. The Kier molecular flexibility index (Phi) is 4.67. The van der Waals surface area contributed by atoms with Gasteiger partial charge in [0, 0.05) is 13.1 Å². The maximum absolute atomic E-state index is 12.0. The fourth-order valence-electron chi connectivity index (χ4n) is 2.32. The molecule has 1 aliphatic rings. The van der Waals surface area contributed by atoms with Crippen LogP contribution in [0, 0.1) is 5.41 Å². The number of carboxylic acid groups (broad SMARTS) is 1. The number of sulfone groups is 1. The molecule has 19 heavy (non-hydrogen) atoms. The molecule has 1 unspecified atom stereocenters. The molecule has 1 heterocycles. The zero-order valence-electron chi connectivity index (χ0n) is 12.3. The van der Waals surface area contributed by atoms with Crippen molar-refractivity contribution in [1.82, 2.24) is 4.90 Å². The van der Waals surface area contributed by atoms with Crippen molar-refractivity contribution in [3.63, 3.8) is 0 Å². The highest BCUT2D eigenvalue weighted by atomic mass is 32.2. The Hall–Kier alpha value is -0.620. The highest BCUT2D eigenvalue weighted by molar-refractivity contribution is 7.92. The van der Waals surface area contributed by atoms with E-state index in [1.807, 2.05) is 11.8 Å². The third-order valence-corrected chi connectivity index (χ3v) is 6.76. The summed E-state index contributed by atoms with van der Waals surface area (Å²) in [4.78, 5) is 13.3. The molecular formula is C13H25NO4S. The van der Waals surface area contributed by atoms with E-state index < -0.39 is 26.0 Å². The molecule has 0 aliphatic carbocycles. The Bertz CT molecular complexity index is 438. The Labute approximate surface area is 115 Å². The van der Waals surface area contributed by atoms with E-state index in [4.69, 9.17) is 0 Å². The van der Waals surface area contributed by atoms with E-state index in [1.165, 1.54) is 0 Å². The van der Waals surface area contributed by atoms with Crippen LogP contribution in [0.5, 0.6) is 0 Å². The molecule has 0 aromatic heterocycles. The van der Waals surface area contributed by atoms with E-state index in [-0.39, 0.29) is 5.75 Å². The number of nitrogens with zero attached hydrogens (tertiary/aromatic N) is 1. The molecule has 0 aromatic carbocycles. The van der Waals surface area contributed by atoms with Crippen LogP contribution in [0.2, 0.25) is 0 Å². The van der Waals surface area contributed by atoms with Crippen LogP contribution in [0.4, 0.5) is 0 Å². The minimum absolute atomic E-state index is 0.0932. The van der Waals surface area contributed by atoms with Crippen molar-refractivity contribution in [2.45, 2.75) is 45.3 Å². The first kappa shape index (κ1) is 16.4. The monoisotopic (exact) mass is 291 g/mol. The lowest BCUT2D eigenvalue weighted by Gasteiger charge is -2.24. The number of hydrogen-bond acceptors (Lipinski definition) is 4. The molecule has 1 rings (SSSR count). The van der Waals surface area contributed by atoms with Gasteiger partial charge in [-0.25, -0.2) is 8.42 Å². The van der Waals surface area contributed by atoms with Gasteiger partial charge in [-0.1, -0.05) is 6.92 Å². The molecule has 0 amide bonds. The van der Waals surface area contributed by atoms with Crippen LogP contribution in [0.15, 0.2) is 0 Å². The molecule has 0 radical (unpaired) electrons. The van der Waals surface area contributed by atoms with E-state index in [1.54, 1.807) is 20.8 Å². The molecule has 1 atom stereocenters. The summed E-state index contributed by atoms with van der Waals surface area (Å²) in [5.74, 6) is -0.674. The fraction of sp³-hybridized carbons (Fsp3) is 0.923. The molecule has 0 bridgehead atoms. The molecule has 0 saturated carbocycles. The zero-order valence-corrected chi connectivity index (χ0v) is 13.1. The number of hydrogen-bond donors (Lipinski definition) is 1. The molecule has 1 saturated heterocycles. The van der Waals surface area contributed by atoms with Crippen LogP contribution in [0.1, 0.15) is 40.5 Å². The van der Waals surface area contributed by atoms with E-state index in [0.29, 0.717) is 32.5 Å². The average Bonchev–Trinajstić information content (AvgIpc) is 2.70. The summed E-state index contributed by atoms with van der Waals surface area (Å²) in [5, 5.41) is 9.29. The first-order valence-corrected chi connectivity index (χ1v) is 8.37. The maximum atomic E-state index is 12.0. The van der Waals surface area contributed by atoms with Gasteiger partial charge in [-0.15, -0.1) is 0 Å². The molecule has 1 aliphatic heterocycles. The van der Waals surface area contributed by atoms with Crippen molar-refractivity contribution in [1.29, 1.82) is 0 Å². The first-order valence-electron chi connectivity index (χ1n) is 6.72. The van der Waals surface area contributed by atoms with Crippen LogP contribution in [0.3, 0.4) is 0 Å². The minimum Gasteiger partial charge on any atom is -0.481 e. The predicted molar refractivity (Wildman–Crippen MR) is 75.0 cm³/mol. The summed E-state index contributed by atoms with van der Waals surface area (Å²) >= 11 is 0. The number of aliphatic carboxylic acids is 1. The van der Waals surface area contributed by atoms with Gasteiger partial charge in [0.25, 0.3) is 0 Å². The van der Waals surface area contributed by atoms with Gasteiger partial charge in [-0.3, -0.25) is 4.79 Å². The van der Waals surface area contributed by atoms with Gasteiger partial charge in [-0.2, -0.15) is 0 Å². The lowest BCUT2D eigenvalue weighted by Crippen LogP contribution is -2.38. The Balaban J connectivity index is 2.62. The maximum Gasteiger partial charge on any atom is 0.310 e. The summed E-state index contributed by atoms with van der Waals surface area (Å²) in [5.41, 5.74) is -0.689. The second-order valence-electron chi connectivity index (χ2n) is 6.40. The third-order valence-electron chi connectivity index (χ3n) is 4.17. The third kappa shape index (κ3) is 3.48. The molecule has 0 aromatic rings. The van der Waals surface area contributed by atoms with Crippen LogP contribution >= 0.6 is 0 Å². The summed E-state index contributed by atoms with van der Waals surface area (Å²) in [6, 6.07) is 0. The van der Waals surface area contributed by atoms with E-state index in [0.717, 1.165) is 0 Å². The number of rotatable bonds is 5. The first-order chi connectivity index (χ1) is 8.54. The summed E-state index contributed by atoms with van der Waals surface area (Å²) in [7, 11) is -3.14. The van der Waals surface area contributed by atoms with Crippen LogP contribution in [-0.4, -0.2) is 54.5 Å². The van der Waals surface area contributed by atoms with E-state index in [2.05, 4.69) is 0 Å². The zero-order chi connectivity index (χ0) is 14.9. The van der Waals surface area contributed by atoms with Gasteiger partial charge in [0.2, 0.25) is 0 Å². The van der Waals surface area contributed by atoms with Gasteiger partial charge in [0.05, 0.1) is 15.9 Å². The van der Waals surface area contributed by atoms with Crippen LogP contribution in [-0.2, 0) is 14.6 Å². The van der Waals surface area contributed by atoms with Gasteiger partial charge in [0.15, 0.2) is 9.84 Å². The van der Waals surface area contributed by atoms with Crippen molar-refractivity contribution in [3.05, 3.63) is 0 Å². The summed E-state index contributed by atoms with van der Waals surface area (Å²) in [6.45, 7) is 8.51. The Morgan fingerprint density at radius 3 is 2.32 bits per heavy atom. The van der Waals surface area contributed by atoms with Crippen molar-refractivity contribution in [2.75, 3.05) is 25.4 Å². The largest absolute Gasteiger partial charge is 0.481 e. The smallest absolute Gasteiger partial charge is 0.310 e. The van der Waals surface area contributed by atoms with Crippen LogP contribution in [0.25, 0.3) is 0 Å². The van der Waals surface area contributed by atoms with Crippen LogP contribution < -0.4 is 0 Å². The van der Waals surface area contributed by atoms with Gasteiger partial charge < -0.3 is 10.0 Å². The van der Waals surface area contributed by atoms with E-state index >= 15 is 0 Å². The second-order valence-corrected chi connectivity index (χ2v) is 9.26. The standard InChI is InChI=1S/C13H25NO4S/c1-5-13(11(15)16)6-7-14(10-13)8-9-19(17,18)12(2,3)4/h5-10H2,1-4H3,(H,15,16). The van der Waals surface area contributed by atoms with Crippen molar-refractivity contribution in [3.8, 4) is 0 Å². The number of likely N-dealkylation sites (tertiary alicyclic amines) is 1. The number of carboxylic acids is 1. The molecule has 1 fully saturated rings. The lowest BCUT2D eigenvalue weighted by atomic mass is 9.84. The summed E-state index contributed by atoms with van der Waals surface area (Å²) < 4.78 is 23.3. The molecular weight excluding hydrogens is 266 g/mol. The topological polar surface area (TPSA) is 74.7 Å². The predicted octanol–water partition coefficient (Wildman–Crippen LogP) is 1.39. The minimum atomic E-state index is -3.14. The highest BCUT2D eigenvalue weighted by Gasteiger charge is 2.43. The molecule has 1 N–H and O–H groups in total. The molecule has 0 spiro atoms. The lowest BCUT2D eigenvalue weighted by molar-refractivity contribution is -0.148. The number of carbonyl (C=O) groups is 1. The Morgan fingerprint density at radius 1 is 1.37 bits per heavy atom. The van der Waals surface area contributed by atoms with E-state index in [9.17, 15) is 18.3 Å².